The molecule has 0 aliphatic heterocycles. The normalized spacial score (nSPS) is 10.3. The number of benzene rings is 2. The second-order valence-corrected chi connectivity index (χ2v) is 6.40. The van der Waals surface area contributed by atoms with Gasteiger partial charge >= 0.3 is 0 Å². The maximum absolute atomic E-state index is 12.2. The smallest absolute Gasteiger partial charge is 0.229 e. The number of nitrogens with one attached hydrogen (secondary N) is 2. The number of carbonyl (C=O) groups is 2. The van der Waals surface area contributed by atoms with Gasteiger partial charge in [-0.1, -0.05) is 29.8 Å². The van der Waals surface area contributed by atoms with E-state index in [4.69, 9.17) is 0 Å². The summed E-state index contributed by atoms with van der Waals surface area (Å²) in [6.07, 6.45) is 1.97. The lowest BCUT2D eigenvalue weighted by Crippen LogP contribution is -2.15. The van der Waals surface area contributed by atoms with Gasteiger partial charge in [0.05, 0.1) is 18.3 Å². The highest BCUT2D eigenvalue weighted by Gasteiger charge is 2.06. The SMILES string of the molecule is CC(=O)c1ccc(Nc2ccc(NC(=O)Cc3cccc(C)c3)nc2)cc1. The molecule has 3 rings (SSSR count). The van der Waals surface area contributed by atoms with Gasteiger partial charge in [-0.15, -0.1) is 0 Å². The zero-order chi connectivity index (χ0) is 19.2. The Morgan fingerprint density at radius 1 is 0.963 bits per heavy atom. The predicted molar refractivity (Wildman–Crippen MR) is 107 cm³/mol. The van der Waals surface area contributed by atoms with Crippen LogP contribution in [0.25, 0.3) is 0 Å². The Kier molecular flexibility index (Phi) is 5.61. The highest BCUT2D eigenvalue weighted by molar-refractivity contribution is 5.94. The van der Waals surface area contributed by atoms with Crippen molar-refractivity contribution in [1.82, 2.24) is 4.98 Å². The van der Waals surface area contributed by atoms with Gasteiger partial charge in [0.25, 0.3) is 0 Å². The number of amides is 1. The number of nitrogens with zero attached hydrogens (tertiary/aromatic N) is 1. The van der Waals surface area contributed by atoms with Gasteiger partial charge in [0.1, 0.15) is 5.82 Å². The minimum atomic E-state index is -0.103. The monoisotopic (exact) mass is 359 g/mol. The third-order valence-corrected chi connectivity index (χ3v) is 4.06. The Hall–Kier alpha value is -3.47. The van der Waals surface area contributed by atoms with Crippen molar-refractivity contribution in [1.29, 1.82) is 0 Å². The molecule has 0 unspecified atom stereocenters. The van der Waals surface area contributed by atoms with E-state index in [2.05, 4.69) is 15.6 Å². The van der Waals surface area contributed by atoms with Crippen LogP contribution in [0.5, 0.6) is 0 Å². The van der Waals surface area contributed by atoms with Gasteiger partial charge < -0.3 is 10.6 Å². The van der Waals surface area contributed by atoms with E-state index in [9.17, 15) is 9.59 Å². The molecule has 0 saturated carbocycles. The summed E-state index contributed by atoms with van der Waals surface area (Å²) in [6, 6.07) is 18.7. The van der Waals surface area contributed by atoms with Gasteiger partial charge in [0, 0.05) is 11.3 Å². The van der Waals surface area contributed by atoms with Gasteiger partial charge in [-0.05, 0) is 55.8 Å². The van der Waals surface area contributed by atoms with Crippen LogP contribution in [0.1, 0.15) is 28.4 Å². The van der Waals surface area contributed by atoms with E-state index in [0.29, 0.717) is 17.8 Å². The van der Waals surface area contributed by atoms with Gasteiger partial charge in [-0.3, -0.25) is 9.59 Å². The molecule has 2 N–H and O–H groups in total. The van der Waals surface area contributed by atoms with E-state index < -0.39 is 0 Å². The number of hydrogen-bond donors (Lipinski definition) is 2. The summed E-state index contributed by atoms with van der Waals surface area (Å²) >= 11 is 0. The van der Waals surface area contributed by atoms with Crippen LogP contribution in [0.15, 0.2) is 66.9 Å². The first-order chi connectivity index (χ1) is 13.0. The minimum Gasteiger partial charge on any atom is -0.354 e. The summed E-state index contributed by atoms with van der Waals surface area (Å²) in [5.41, 5.74) is 4.43. The van der Waals surface area contributed by atoms with E-state index in [0.717, 1.165) is 22.5 Å². The van der Waals surface area contributed by atoms with E-state index in [1.54, 1.807) is 31.3 Å². The van der Waals surface area contributed by atoms with Crippen molar-refractivity contribution >= 4 is 28.9 Å². The number of carbonyl (C=O) groups excluding carboxylic acids is 2. The van der Waals surface area contributed by atoms with Crippen LogP contribution in [0.4, 0.5) is 17.2 Å². The van der Waals surface area contributed by atoms with E-state index in [-0.39, 0.29) is 11.7 Å². The minimum absolute atomic E-state index is 0.0361. The second kappa shape index (κ2) is 8.27. The number of ketones is 1. The number of anilines is 3. The molecule has 0 atom stereocenters. The Bertz CT molecular complexity index is 948. The highest BCUT2D eigenvalue weighted by atomic mass is 16.1. The van der Waals surface area contributed by atoms with Crippen LogP contribution in [0.3, 0.4) is 0 Å². The molecule has 0 spiro atoms. The molecular weight excluding hydrogens is 338 g/mol. The fraction of sp³-hybridized carbons (Fsp3) is 0.136. The molecule has 0 fully saturated rings. The molecule has 1 aromatic heterocycles. The third-order valence-electron chi connectivity index (χ3n) is 4.06. The van der Waals surface area contributed by atoms with Crippen LogP contribution in [-0.4, -0.2) is 16.7 Å². The maximum Gasteiger partial charge on any atom is 0.229 e. The number of aromatic nitrogens is 1. The van der Waals surface area contributed by atoms with Crippen LogP contribution < -0.4 is 10.6 Å². The first kappa shape index (κ1) is 18.3. The van der Waals surface area contributed by atoms with Crippen molar-refractivity contribution < 1.29 is 9.59 Å². The molecule has 3 aromatic rings. The van der Waals surface area contributed by atoms with E-state index >= 15 is 0 Å². The predicted octanol–water partition coefficient (Wildman–Crippen LogP) is 4.52. The summed E-state index contributed by atoms with van der Waals surface area (Å²) in [5, 5.41) is 6.02. The Labute approximate surface area is 158 Å². The van der Waals surface area contributed by atoms with Crippen molar-refractivity contribution in [2.24, 2.45) is 0 Å². The average Bonchev–Trinajstić information content (AvgIpc) is 2.64. The van der Waals surface area contributed by atoms with Gasteiger partial charge in [0.2, 0.25) is 5.91 Å². The van der Waals surface area contributed by atoms with E-state index in [1.807, 2.05) is 49.4 Å². The fourth-order valence-electron chi connectivity index (χ4n) is 2.69. The quantitative estimate of drug-likeness (QED) is 0.635. The van der Waals surface area contributed by atoms with Crippen molar-refractivity contribution in [3.05, 3.63) is 83.6 Å². The second-order valence-electron chi connectivity index (χ2n) is 6.40. The molecule has 2 aromatic carbocycles. The molecule has 27 heavy (non-hydrogen) atoms. The Morgan fingerprint density at radius 3 is 2.33 bits per heavy atom. The number of aryl methyl sites for hydroxylation is 1. The standard InChI is InChI=1S/C22H21N3O2/c1-15-4-3-5-17(12-15)13-22(27)25-21-11-10-20(14-23-21)24-19-8-6-18(7-9-19)16(2)26/h3-12,14,24H,13H2,1-2H3,(H,23,25,27). The molecule has 0 radical (unpaired) electrons. The van der Waals surface area contributed by atoms with Crippen LogP contribution in [0, 0.1) is 6.92 Å². The molecule has 0 bridgehead atoms. The lowest BCUT2D eigenvalue weighted by Gasteiger charge is -2.09. The zero-order valence-electron chi connectivity index (χ0n) is 15.3. The molecular formula is C22H21N3O2. The Balaban J connectivity index is 1.58. The van der Waals surface area contributed by atoms with E-state index in [1.165, 1.54) is 0 Å². The van der Waals surface area contributed by atoms with Crippen molar-refractivity contribution in [3.8, 4) is 0 Å². The molecule has 0 aliphatic rings. The average molecular weight is 359 g/mol. The van der Waals surface area contributed by atoms with Gasteiger partial charge in [-0.2, -0.15) is 0 Å². The molecule has 136 valence electrons. The molecule has 1 heterocycles. The van der Waals surface area contributed by atoms with Crippen LogP contribution >= 0.6 is 0 Å². The highest BCUT2D eigenvalue weighted by Crippen LogP contribution is 2.18. The topological polar surface area (TPSA) is 71.1 Å². The maximum atomic E-state index is 12.2. The number of pyridine rings is 1. The number of hydrogen-bond acceptors (Lipinski definition) is 4. The largest absolute Gasteiger partial charge is 0.354 e. The van der Waals surface area contributed by atoms with Crippen LogP contribution in [0.2, 0.25) is 0 Å². The molecule has 1 amide bonds. The molecule has 0 aliphatic carbocycles. The summed E-state index contributed by atoms with van der Waals surface area (Å²) in [4.78, 5) is 27.7. The first-order valence-corrected chi connectivity index (χ1v) is 8.69. The lowest BCUT2D eigenvalue weighted by molar-refractivity contribution is -0.115. The summed E-state index contributed by atoms with van der Waals surface area (Å²) < 4.78 is 0. The van der Waals surface area contributed by atoms with Crippen molar-refractivity contribution in [2.45, 2.75) is 20.3 Å². The zero-order valence-corrected chi connectivity index (χ0v) is 15.3. The van der Waals surface area contributed by atoms with Crippen molar-refractivity contribution in [3.63, 3.8) is 0 Å². The number of rotatable bonds is 6. The summed E-state index contributed by atoms with van der Waals surface area (Å²) in [6.45, 7) is 3.54. The van der Waals surface area contributed by atoms with Crippen molar-refractivity contribution in [2.75, 3.05) is 10.6 Å². The first-order valence-electron chi connectivity index (χ1n) is 8.69. The number of Topliss-reactive ketones (excluding diaryl/α,β-unsaturated/α-hetero) is 1. The Morgan fingerprint density at radius 2 is 1.70 bits per heavy atom. The lowest BCUT2D eigenvalue weighted by atomic mass is 10.1. The molecule has 5 heteroatoms. The summed E-state index contributed by atoms with van der Waals surface area (Å²) in [5.74, 6) is 0.438. The molecule has 5 nitrogen and oxygen atoms in total. The summed E-state index contributed by atoms with van der Waals surface area (Å²) in [7, 11) is 0. The fourth-order valence-corrected chi connectivity index (χ4v) is 2.69. The van der Waals surface area contributed by atoms with Gasteiger partial charge in [-0.25, -0.2) is 4.98 Å². The van der Waals surface area contributed by atoms with Crippen LogP contribution in [-0.2, 0) is 11.2 Å². The molecule has 0 saturated heterocycles. The van der Waals surface area contributed by atoms with Gasteiger partial charge in [0.15, 0.2) is 5.78 Å². The third kappa shape index (κ3) is 5.25.